The number of rotatable bonds is 4. The maximum absolute atomic E-state index is 12.0. The van der Waals surface area contributed by atoms with Crippen molar-refractivity contribution in [3.8, 4) is 0 Å². The van der Waals surface area contributed by atoms with Crippen LogP contribution in [0.25, 0.3) is 0 Å². The van der Waals surface area contributed by atoms with Gasteiger partial charge in [0, 0.05) is 5.02 Å². The van der Waals surface area contributed by atoms with Crippen LogP contribution in [0, 0.1) is 0 Å². The summed E-state index contributed by atoms with van der Waals surface area (Å²) in [5.74, 6) is -0.0733. The highest BCUT2D eigenvalue weighted by atomic mass is 35.5. The largest absolute Gasteiger partial charge is 0.349 e. The molecule has 0 aliphatic carbocycles. The number of carbonyl (C=O) groups is 1. The van der Waals surface area contributed by atoms with Crippen molar-refractivity contribution in [1.82, 2.24) is 5.32 Å². The van der Waals surface area contributed by atoms with E-state index in [0.717, 1.165) is 11.1 Å². The molecular formula is C16H14Cl3NO. The van der Waals surface area contributed by atoms with E-state index < -0.39 is 0 Å². The summed E-state index contributed by atoms with van der Waals surface area (Å²) >= 11 is 17.6. The van der Waals surface area contributed by atoms with Crippen LogP contribution in [0.3, 0.4) is 0 Å². The van der Waals surface area contributed by atoms with Crippen LogP contribution in [0.5, 0.6) is 0 Å². The lowest BCUT2D eigenvalue weighted by molar-refractivity contribution is -0.121. The highest BCUT2D eigenvalue weighted by Gasteiger charge is 2.11. The van der Waals surface area contributed by atoms with Crippen molar-refractivity contribution in [3.05, 3.63) is 68.7 Å². The smallest absolute Gasteiger partial charge is 0.224 e. The van der Waals surface area contributed by atoms with Crippen molar-refractivity contribution in [1.29, 1.82) is 0 Å². The fourth-order valence-corrected chi connectivity index (χ4v) is 2.41. The number of benzene rings is 2. The van der Waals surface area contributed by atoms with Gasteiger partial charge in [0.05, 0.1) is 22.5 Å². The van der Waals surface area contributed by atoms with Gasteiger partial charge in [-0.1, -0.05) is 53.0 Å². The van der Waals surface area contributed by atoms with Crippen molar-refractivity contribution in [2.75, 3.05) is 0 Å². The van der Waals surface area contributed by atoms with Crippen LogP contribution in [-0.2, 0) is 11.2 Å². The van der Waals surface area contributed by atoms with Crippen LogP contribution in [0.15, 0.2) is 42.5 Å². The molecule has 0 radical (unpaired) electrons. The van der Waals surface area contributed by atoms with Crippen LogP contribution in [0.1, 0.15) is 24.1 Å². The van der Waals surface area contributed by atoms with Crippen molar-refractivity contribution < 1.29 is 4.79 Å². The van der Waals surface area contributed by atoms with E-state index in [2.05, 4.69) is 5.32 Å². The summed E-state index contributed by atoms with van der Waals surface area (Å²) in [4.78, 5) is 12.0. The van der Waals surface area contributed by atoms with Gasteiger partial charge in [0.1, 0.15) is 0 Å². The van der Waals surface area contributed by atoms with Crippen molar-refractivity contribution in [2.24, 2.45) is 0 Å². The minimum absolute atomic E-state index is 0.0733. The maximum atomic E-state index is 12.0. The Kier molecular flexibility index (Phi) is 5.51. The summed E-state index contributed by atoms with van der Waals surface area (Å²) in [7, 11) is 0. The molecular weight excluding hydrogens is 329 g/mol. The number of hydrogen-bond donors (Lipinski definition) is 1. The average Bonchev–Trinajstić information content (AvgIpc) is 2.43. The molecule has 1 N–H and O–H groups in total. The zero-order valence-corrected chi connectivity index (χ0v) is 13.6. The lowest BCUT2D eigenvalue weighted by atomic mass is 10.1. The summed E-state index contributed by atoms with van der Waals surface area (Å²) in [5.41, 5.74) is 1.83. The third-order valence-electron chi connectivity index (χ3n) is 3.10. The molecule has 0 bridgehead atoms. The minimum atomic E-state index is -0.0856. The molecule has 0 spiro atoms. The zero-order valence-electron chi connectivity index (χ0n) is 11.4. The number of amides is 1. The van der Waals surface area contributed by atoms with Gasteiger partial charge in [0.15, 0.2) is 0 Å². The van der Waals surface area contributed by atoms with Crippen molar-refractivity contribution in [3.63, 3.8) is 0 Å². The highest BCUT2D eigenvalue weighted by Crippen LogP contribution is 2.23. The summed E-state index contributed by atoms with van der Waals surface area (Å²) in [6.07, 6.45) is 0.259. The second-order valence-electron chi connectivity index (χ2n) is 4.77. The monoisotopic (exact) mass is 341 g/mol. The molecule has 0 heterocycles. The van der Waals surface area contributed by atoms with Gasteiger partial charge in [0.2, 0.25) is 5.91 Å². The Morgan fingerprint density at radius 1 is 1.05 bits per heavy atom. The molecule has 21 heavy (non-hydrogen) atoms. The van der Waals surface area contributed by atoms with Crippen molar-refractivity contribution in [2.45, 2.75) is 19.4 Å². The summed E-state index contributed by atoms with van der Waals surface area (Å²) in [6, 6.07) is 12.5. The normalized spacial score (nSPS) is 12.0. The van der Waals surface area contributed by atoms with Gasteiger partial charge in [-0.2, -0.15) is 0 Å². The van der Waals surface area contributed by atoms with Gasteiger partial charge in [-0.25, -0.2) is 0 Å². The minimum Gasteiger partial charge on any atom is -0.349 e. The Morgan fingerprint density at radius 2 is 1.71 bits per heavy atom. The molecule has 5 heteroatoms. The third-order valence-corrected chi connectivity index (χ3v) is 4.09. The first kappa shape index (κ1) is 16.2. The molecule has 0 unspecified atom stereocenters. The van der Waals surface area contributed by atoms with E-state index in [1.165, 1.54) is 0 Å². The molecule has 0 aliphatic heterocycles. The molecule has 0 aliphatic rings. The Morgan fingerprint density at radius 3 is 2.33 bits per heavy atom. The van der Waals surface area contributed by atoms with E-state index in [9.17, 15) is 4.79 Å². The van der Waals surface area contributed by atoms with E-state index >= 15 is 0 Å². The molecule has 0 saturated carbocycles. The van der Waals surface area contributed by atoms with E-state index in [-0.39, 0.29) is 18.4 Å². The average molecular weight is 343 g/mol. The van der Waals surface area contributed by atoms with Gasteiger partial charge >= 0.3 is 0 Å². The van der Waals surface area contributed by atoms with Gasteiger partial charge < -0.3 is 5.32 Å². The van der Waals surface area contributed by atoms with E-state index in [1.54, 1.807) is 30.3 Å². The van der Waals surface area contributed by atoms with Crippen LogP contribution >= 0.6 is 34.8 Å². The second-order valence-corrected chi connectivity index (χ2v) is 6.02. The van der Waals surface area contributed by atoms with Crippen LogP contribution in [-0.4, -0.2) is 5.91 Å². The third kappa shape index (κ3) is 4.63. The SMILES string of the molecule is C[C@H](NC(=O)Cc1ccc(Cl)c(Cl)c1)c1ccc(Cl)cc1. The van der Waals surface area contributed by atoms with Gasteiger partial charge in [-0.15, -0.1) is 0 Å². The summed E-state index contributed by atoms with van der Waals surface area (Å²) in [5, 5.41) is 4.55. The molecule has 1 atom stereocenters. The molecule has 110 valence electrons. The number of hydrogen-bond acceptors (Lipinski definition) is 1. The Hall–Kier alpha value is -1.22. The van der Waals surface area contributed by atoms with E-state index in [0.29, 0.717) is 15.1 Å². The van der Waals surface area contributed by atoms with Crippen LogP contribution < -0.4 is 5.32 Å². The first-order valence-corrected chi connectivity index (χ1v) is 7.58. The standard InChI is InChI=1S/C16H14Cl3NO/c1-10(12-3-5-13(17)6-4-12)20-16(21)9-11-2-7-14(18)15(19)8-11/h2-8,10H,9H2,1H3,(H,20,21)/t10-/m0/s1. The molecule has 2 rings (SSSR count). The molecule has 0 saturated heterocycles. The summed E-state index contributed by atoms with van der Waals surface area (Å²) in [6.45, 7) is 1.93. The molecule has 2 nitrogen and oxygen atoms in total. The van der Waals surface area contributed by atoms with Crippen LogP contribution in [0.4, 0.5) is 0 Å². The van der Waals surface area contributed by atoms with Gasteiger partial charge in [-0.05, 0) is 42.3 Å². The predicted molar refractivity (Wildman–Crippen MR) is 88.2 cm³/mol. The van der Waals surface area contributed by atoms with Gasteiger partial charge in [0.25, 0.3) is 0 Å². The number of carbonyl (C=O) groups excluding carboxylic acids is 1. The molecule has 0 aromatic heterocycles. The first-order valence-electron chi connectivity index (χ1n) is 6.44. The van der Waals surface area contributed by atoms with Gasteiger partial charge in [-0.3, -0.25) is 4.79 Å². The van der Waals surface area contributed by atoms with E-state index in [1.807, 2.05) is 19.1 Å². The van der Waals surface area contributed by atoms with E-state index in [4.69, 9.17) is 34.8 Å². The van der Waals surface area contributed by atoms with Crippen LogP contribution in [0.2, 0.25) is 15.1 Å². The summed E-state index contributed by atoms with van der Waals surface area (Å²) < 4.78 is 0. The number of nitrogens with one attached hydrogen (secondary N) is 1. The topological polar surface area (TPSA) is 29.1 Å². The Balaban J connectivity index is 1.97. The maximum Gasteiger partial charge on any atom is 0.224 e. The lowest BCUT2D eigenvalue weighted by Gasteiger charge is -2.14. The quantitative estimate of drug-likeness (QED) is 0.826. The highest BCUT2D eigenvalue weighted by molar-refractivity contribution is 6.42. The molecule has 0 fully saturated rings. The molecule has 2 aromatic carbocycles. The Labute approximate surface area is 139 Å². The zero-order chi connectivity index (χ0) is 15.4. The fourth-order valence-electron chi connectivity index (χ4n) is 1.96. The first-order chi connectivity index (χ1) is 9.95. The Bertz CT molecular complexity index is 640. The number of halogens is 3. The second kappa shape index (κ2) is 7.17. The molecule has 1 amide bonds. The van der Waals surface area contributed by atoms with Crippen molar-refractivity contribution >= 4 is 40.7 Å². The lowest BCUT2D eigenvalue weighted by Crippen LogP contribution is -2.28. The molecule has 2 aromatic rings. The fraction of sp³-hybridized carbons (Fsp3) is 0.188. The predicted octanol–water partition coefficient (Wildman–Crippen LogP) is 5.07.